The molecule has 3 aliphatic rings. The van der Waals surface area contributed by atoms with E-state index in [0.717, 1.165) is 61.4 Å². The summed E-state index contributed by atoms with van der Waals surface area (Å²) in [6.07, 6.45) is 9.32. The van der Waals surface area contributed by atoms with Crippen molar-refractivity contribution in [3.05, 3.63) is 147 Å². The highest BCUT2D eigenvalue weighted by Crippen LogP contribution is 2.40. The number of amides is 3. The Morgan fingerprint density at radius 1 is 0.915 bits per heavy atom. The fourth-order valence-electron chi connectivity index (χ4n) is 10.1. The summed E-state index contributed by atoms with van der Waals surface area (Å²) < 4.78 is 12.2. The van der Waals surface area contributed by atoms with E-state index in [1.54, 1.807) is 33.3 Å². The maximum atomic E-state index is 14.5. The van der Waals surface area contributed by atoms with E-state index in [2.05, 4.69) is 51.2 Å². The molecule has 1 saturated carbocycles. The van der Waals surface area contributed by atoms with Crippen LogP contribution in [0.5, 0.6) is 5.75 Å². The number of thiophene rings is 1. The number of carbonyl (C=O) groups is 3. The van der Waals surface area contributed by atoms with Gasteiger partial charge in [0.1, 0.15) is 46.6 Å². The van der Waals surface area contributed by atoms with Crippen LogP contribution in [0.1, 0.15) is 103 Å². The van der Waals surface area contributed by atoms with Crippen LogP contribution in [0.4, 0.5) is 0 Å². The van der Waals surface area contributed by atoms with Crippen LogP contribution in [0.15, 0.2) is 103 Å². The molecule has 7 aromatic rings. The Morgan fingerprint density at radius 3 is 2.42 bits per heavy atom. The molecule has 1 saturated heterocycles. The average molecular weight is 993 g/mol. The predicted octanol–water partition coefficient (Wildman–Crippen LogP) is 9.02. The van der Waals surface area contributed by atoms with Crippen molar-refractivity contribution in [2.45, 2.75) is 111 Å². The Kier molecular flexibility index (Phi) is 13.3. The van der Waals surface area contributed by atoms with Crippen LogP contribution in [-0.2, 0) is 20.9 Å². The Bertz CT molecular complexity index is 3150. The average Bonchev–Trinajstić information content (AvgIpc) is 4.19. The second-order valence-corrected chi connectivity index (χ2v) is 21.2. The van der Waals surface area contributed by atoms with Gasteiger partial charge < -0.3 is 24.8 Å². The number of imidazole rings is 1. The fourth-order valence-corrected chi connectivity index (χ4v) is 11.4. The number of aromatic nitrogens is 7. The van der Waals surface area contributed by atoms with Gasteiger partial charge in [0.05, 0.1) is 18.3 Å². The lowest BCUT2D eigenvalue weighted by Crippen LogP contribution is -2.49. The minimum Gasteiger partial charge on any atom is -0.490 e. The molecule has 0 bridgehead atoms. The van der Waals surface area contributed by atoms with Crippen LogP contribution in [-0.4, -0.2) is 87.2 Å². The van der Waals surface area contributed by atoms with Crippen molar-refractivity contribution in [3.8, 4) is 27.6 Å². The number of benzene rings is 3. The standard InChI is InChI=1S/C54H58ClN11O4S/c1-30(2)50(53(69)64-28-31(3)21-46(64)52(68)57-26-36-11-17-42(18-12-36)63-20-19-56-34(63)6)65-29-39(27-58-65)38-9-8-10-43(22-38)70-44-23-41(24-44)59-47(67)25-45-51-62-61-35(7)66(51)54-48(32(4)33(5)71-54)49(60-45)37-13-15-40(55)16-14-37/h8-20,22,27,29-31,41,44-46,50H,21,23-26,28H2,1-7H3,(H,57,68)(H,59,67)/t31-,41?,44?,45+,46+,50-/m1/s1. The van der Waals surface area contributed by atoms with Gasteiger partial charge in [0, 0.05) is 82.8 Å². The summed E-state index contributed by atoms with van der Waals surface area (Å²) in [6, 6.07) is 21.8. The second-order valence-electron chi connectivity index (χ2n) is 19.6. The summed E-state index contributed by atoms with van der Waals surface area (Å²) in [5.74, 6) is 2.69. The lowest BCUT2D eigenvalue weighted by atomic mass is 9.89. The number of nitrogens with one attached hydrogen (secondary N) is 2. The van der Waals surface area contributed by atoms with Gasteiger partial charge in [-0.05, 0) is 99.0 Å². The third-order valence-electron chi connectivity index (χ3n) is 14.0. The smallest absolute Gasteiger partial charge is 0.248 e. The van der Waals surface area contributed by atoms with Crippen molar-refractivity contribution < 1.29 is 19.1 Å². The largest absolute Gasteiger partial charge is 0.490 e. The van der Waals surface area contributed by atoms with Crippen molar-refractivity contribution in [3.63, 3.8) is 0 Å². The molecule has 15 nitrogen and oxygen atoms in total. The Balaban J connectivity index is 0.757. The number of fused-ring (bicyclic) bond motifs is 3. The van der Waals surface area contributed by atoms with Gasteiger partial charge in [-0.25, -0.2) is 4.98 Å². The highest BCUT2D eigenvalue weighted by Gasteiger charge is 2.42. The van der Waals surface area contributed by atoms with E-state index < -0.39 is 18.1 Å². The number of ether oxygens (including phenoxy) is 1. The number of nitrogens with zero attached hydrogens (tertiary/aromatic N) is 9. The molecule has 10 rings (SSSR count). The molecular weight excluding hydrogens is 934 g/mol. The van der Waals surface area contributed by atoms with Gasteiger partial charge in [-0.15, -0.1) is 21.5 Å². The van der Waals surface area contributed by atoms with Crippen LogP contribution in [0.2, 0.25) is 5.02 Å². The minimum atomic E-state index is -0.602. The van der Waals surface area contributed by atoms with E-state index in [9.17, 15) is 14.4 Å². The number of carbonyl (C=O) groups excluding carboxylic acids is 3. The first-order valence-electron chi connectivity index (χ1n) is 24.3. The summed E-state index contributed by atoms with van der Waals surface area (Å²) in [6.45, 7) is 15.1. The molecule has 1 aliphatic carbocycles. The molecule has 0 unspecified atom stereocenters. The van der Waals surface area contributed by atoms with E-state index in [-0.39, 0.29) is 48.1 Å². The summed E-state index contributed by atoms with van der Waals surface area (Å²) in [5.41, 5.74) is 7.60. The zero-order chi connectivity index (χ0) is 49.7. The number of hydrogen-bond donors (Lipinski definition) is 2. The van der Waals surface area contributed by atoms with E-state index in [1.807, 2.05) is 117 Å². The molecule has 4 atom stereocenters. The summed E-state index contributed by atoms with van der Waals surface area (Å²) in [4.78, 5) is 54.5. The molecule has 366 valence electrons. The van der Waals surface area contributed by atoms with Crippen LogP contribution >= 0.6 is 22.9 Å². The maximum absolute atomic E-state index is 14.5. The lowest BCUT2D eigenvalue weighted by molar-refractivity contribution is -0.142. The number of aryl methyl sites for hydroxylation is 3. The van der Waals surface area contributed by atoms with Crippen LogP contribution in [0, 0.1) is 39.5 Å². The maximum Gasteiger partial charge on any atom is 0.248 e. The topological polar surface area (TPSA) is 166 Å². The molecular formula is C54H58ClN11O4S. The van der Waals surface area contributed by atoms with E-state index in [0.29, 0.717) is 48.9 Å². The predicted molar refractivity (Wildman–Crippen MR) is 274 cm³/mol. The monoisotopic (exact) mass is 991 g/mol. The second kappa shape index (κ2) is 19.7. The van der Waals surface area contributed by atoms with Gasteiger partial charge in [-0.1, -0.05) is 68.8 Å². The molecule has 6 heterocycles. The summed E-state index contributed by atoms with van der Waals surface area (Å²) in [5, 5.41) is 21.7. The number of aliphatic imine (C=N–C) groups is 1. The van der Waals surface area contributed by atoms with Gasteiger partial charge in [-0.3, -0.25) is 28.6 Å². The zero-order valence-corrected chi connectivity index (χ0v) is 42.5. The van der Waals surface area contributed by atoms with E-state index in [1.165, 1.54) is 4.88 Å². The quantitative estimate of drug-likeness (QED) is 0.109. The van der Waals surface area contributed by atoms with Crippen molar-refractivity contribution in [1.29, 1.82) is 0 Å². The molecule has 71 heavy (non-hydrogen) atoms. The van der Waals surface area contributed by atoms with Gasteiger partial charge in [-0.2, -0.15) is 5.10 Å². The highest BCUT2D eigenvalue weighted by molar-refractivity contribution is 7.15. The van der Waals surface area contributed by atoms with E-state index >= 15 is 0 Å². The first-order chi connectivity index (χ1) is 34.2. The van der Waals surface area contributed by atoms with Crippen molar-refractivity contribution in [1.82, 2.24) is 49.6 Å². The van der Waals surface area contributed by atoms with Crippen molar-refractivity contribution in [2.24, 2.45) is 16.8 Å². The number of rotatable bonds is 14. The third kappa shape index (κ3) is 9.66. The van der Waals surface area contributed by atoms with Crippen LogP contribution in [0.3, 0.4) is 0 Å². The molecule has 17 heteroatoms. The zero-order valence-electron chi connectivity index (χ0n) is 41.0. The molecule has 4 aromatic heterocycles. The molecule has 2 fully saturated rings. The summed E-state index contributed by atoms with van der Waals surface area (Å²) >= 11 is 7.97. The normalized spacial score (nSPS) is 19.9. The van der Waals surface area contributed by atoms with Crippen molar-refractivity contribution >= 4 is 46.4 Å². The van der Waals surface area contributed by atoms with Gasteiger partial charge >= 0.3 is 0 Å². The van der Waals surface area contributed by atoms with Gasteiger partial charge in [0.25, 0.3) is 0 Å². The van der Waals surface area contributed by atoms with Gasteiger partial charge in [0.15, 0.2) is 5.82 Å². The fraction of sp³-hybridized carbons (Fsp3) is 0.370. The molecule has 3 amide bonds. The molecule has 0 radical (unpaired) electrons. The highest BCUT2D eigenvalue weighted by atomic mass is 35.5. The van der Waals surface area contributed by atoms with E-state index in [4.69, 9.17) is 26.4 Å². The molecule has 2 aliphatic heterocycles. The first kappa shape index (κ1) is 47.8. The first-order valence-corrected chi connectivity index (χ1v) is 25.5. The van der Waals surface area contributed by atoms with Crippen molar-refractivity contribution in [2.75, 3.05) is 6.54 Å². The number of halogens is 1. The SMILES string of the molecule is Cc1sc2c(c1C)C(c1ccc(Cl)cc1)=N[C@@H](CC(=O)NC1CC(Oc3cccc(-c4cnn([C@@H](C(=O)N5C[C@H](C)C[C@H]5C(=O)NCc5ccc(-n6ccnc6C)cc5)C(C)C)c4)c3)C1)c1nnc(C)n1-2. The Labute approximate surface area is 422 Å². The van der Waals surface area contributed by atoms with Crippen LogP contribution in [0.25, 0.3) is 21.8 Å². The number of hydrogen-bond acceptors (Lipinski definition) is 10. The lowest BCUT2D eigenvalue weighted by Gasteiger charge is -2.36. The van der Waals surface area contributed by atoms with Gasteiger partial charge in [0.2, 0.25) is 17.7 Å². The summed E-state index contributed by atoms with van der Waals surface area (Å²) in [7, 11) is 0. The molecule has 2 N–H and O–H groups in total. The Hall–Kier alpha value is -6.91. The minimum absolute atomic E-state index is 0.0455. The molecule has 0 spiro atoms. The molecule has 3 aromatic carbocycles. The Morgan fingerprint density at radius 2 is 1.69 bits per heavy atom. The number of likely N-dealkylation sites (tertiary alicyclic amines) is 1. The van der Waals surface area contributed by atoms with Crippen LogP contribution < -0.4 is 15.4 Å². The third-order valence-corrected chi connectivity index (χ3v) is 15.5.